The summed E-state index contributed by atoms with van der Waals surface area (Å²) in [5.74, 6) is -0.852. The Bertz CT molecular complexity index is 321. The zero-order chi connectivity index (χ0) is 19.6. The number of aliphatic hydroxyl groups excluding tert-OH is 1. The molecule has 0 spiro atoms. The lowest BCUT2D eigenvalue weighted by Gasteiger charge is -2.22. The molecule has 0 rings (SSSR count). The lowest BCUT2D eigenvalue weighted by Crippen LogP contribution is -2.38. The maximum atomic E-state index is 11.1. The van der Waals surface area contributed by atoms with Crippen LogP contribution in [0.2, 0.25) is 0 Å². The monoisotopic (exact) mass is 371 g/mol. The predicted molar refractivity (Wildman–Crippen MR) is 111 cm³/mol. The van der Waals surface area contributed by atoms with E-state index in [4.69, 9.17) is 5.11 Å². The summed E-state index contributed by atoms with van der Waals surface area (Å²) >= 11 is 0. The Balaban J connectivity index is 3.36. The van der Waals surface area contributed by atoms with E-state index in [1.807, 2.05) is 0 Å². The molecule has 0 fully saturated rings. The quantitative estimate of drug-likeness (QED) is 0.289. The molecule has 0 aliphatic carbocycles. The van der Waals surface area contributed by atoms with Crippen LogP contribution in [0.4, 0.5) is 0 Å². The van der Waals surface area contributed by atoms with Gasteiger partial charge in [-0.15, -0.1) is 0 Å². The van der Waals surface area contributed by atoms with E-state index >= 15 is 0 Å². The zero-order valence-corrected chi connectivity index (χ0v) is 17.7. The van der Waals surface area contributed by atoms with Gasteiger partial charge in [0.25, 0.3) is 0 Å². The van der Waals surface area contributed by atoms with Gasteiger partial charge in [-0.05, 0) is 26.9 Å². The van der Waals surface area contributed by atoms with E-state index in [1.54, 1.807) is 19.0 Å². The van der Waals surface area contributed by atoms with Crippen LogP contribution in [0.15, 0.2) is 0 Å². The molecule has 1 unspecified atom stereocenters. The SMILES string of the molecule is CCCCCCCCCCCCCCCCC(O)C[C@@H](C(=O)O)N(C)C. The molecule has 0 saturated heterocycles. The zero-order valence-electron chi connectivity index (χ0n) is 17.7. The number of unbranched alkanes of at least 4 members (excludes halogenated alkanes) is 13. The number of carboxylic acids is 1. The number of rotatable bonds is 19. The summed E-state index contributed by atoms with van der Waals surface area (Å²) in [6.07, 6.45) is 19.1. The number of aliphatic carboxylic acids is 1. The highest BCUT2D eigenvalue weighted by atomic mass is 16.4. The fraction of sp³-hybridized carbons (Fsp3) is 0.955. The Morgan fingerprint density at radius 3 is 1.50 bits per heavy atom. The van der Waals surface area contributed by atoms with Crippen LogP contribution in [-0.2, 0) is 4.79 Å². The van der Waals surface area contributed by atoms with Crippen molar-refractivity contribution in [3.05, 3.63) is 0 Å². The van der Waals surface area contributed by atoms with Crippen LogP contribution < -0.4 is 0 Å². The molecule has 0 radical (unpaired) electrons. The average molecular weight is 372 g/mol. The van der Waals surface area contributed by atoms with Crippen LogP contribution in [0.3, 0.4) is 0 Å². The summed E-state index contributed by atoms with van der Waals surface area (Å²) in [6, 6.07) is -0.586. The molecule has 4 heteroatoms. The second-order valence-corrected chi connectivity index (χ2v) is 8.09. The van der Waals surface area contributed by atoms with E-state index < -0.39 is 18.1 Å². The molecule has 0 bridgehead atoms. The van der Waals surface area contributed by atoms with E-state index in [2.05, 4.69) is 6.92 Å². The second-order valence-electron chi connectivity index (χ2n) is 8.09. The van der Waals surface area contributed by atoms with Crippen molar-refractivity contribution in [2.75, 3.05) is 14.1 Å². The average Bonchev–Trinajstić information content (AvgIpc) is 2.59. The fourth-order valence-corrected chi connectivity index (χ4v) is 3.48. The smallest absolute Gasteiger partial charge is 0.320 e. The van der Waals surface area contributed by atoms with Gasteiger partial charge in [0.15, 0.2) is 0 Å². The first-order valence-electron chi connectivity index (χ1n) is 11.1. The van der Waals surface area contributed by atoms with Crippen molar-refractivity contribution in [3.8, 4) is 0 Å². The summed E-state index contributed by atoms with van der Waals surface area (Å²) in [7, 11) is 3.50. The molecular formula is C22H45NO3. The van der Waals surface area contributed by atoms with E-state index in [-0.39, 0.29) is 0 Å². The van der Waals surface area contributed by atoms with Crippen molar-refractivity contribution in [1.29, 1.82) is 0 Å². The van der Waals surface area contributed by atoms with E-state index in [0.29, 0.717) is 6.42 Å². The lowest BCUT2D eigenvalue weighted by atomic mass is 10.0. The molecule has 26 heavy (non-hydrogen) atoms. The number of nitrogens with zero attached hydrogens (tertiary/aromatic N) is 1. The number of likely N-dealkylation sites (N-methyl/N-ethyl adjacent to an activating group) is 1. The molecule has 2 N–H and O–H groups in total. The van der Waals surface area contributed by atoms with Gasteiger partial charge in [-0.1, -0.05) is 96.8 Å². The minimum Gasteiger partial charge on any atom is -0.480 e. The summed E-state index contributed by atoms with van der Waals surface area (Å²) in [5, 5.41) is 19.2. The third-order valence-corrected chi connectivity index (χ3v) is 5.29. The van der Waals surface area contributed by atoms with E-state index in [0.717, 1.165) is 19.3 Å². The molecule has 0 saturated carbocycles. The number of carbonyl (C=O) groups is 1. The molecule has 0 aliphatic heterocycles. The van der Waals surface area contributed by atoms with Crippen molar-refractivity contribution in [2.45, 2.75) is 122 Å². The first kappa shape index (κ1) is 25.4. The molecule has 0 aromatic carbocycles. The van der Waals surface area contributed by atoms with Gasteiger partial charge in [0.1, 0.15) is 6.04 Å². The van der Waals surface area contributed by atoms with Gasteiger partial charge < -0.3 is 10.2 Å². The summed E-state index contributed by atoms with van der Waals surface area (Å²) in [6.45, 7) is 2.27. The maximum absolute atomic E-state index is 11.1. The number of carboxylic acid groups (broad SMARTS) is 1. The van der Waals surface area contributed by atoms with Crippen molar-refractivity contribution in [2.24, 2.45) is 0 Å². The highest BCUT2D eigenvalue weighted by Gasteiger charge is 2.22. The van der Waals surface area contributed by atoms with Crippen molar-refractivity contribution in [1.82, 2.24) is 4.90 Å². The van der Waals surface area contributed by atoms with Crippen LogP contribution in [-0.4, -0.2) is 47.3 Å². The van der Waals surface area contributed by atoms with Gasteiger partial charge in [0.2, 0.25) is 0 Å². The number of aliphatic hydroxyl groups is 1. The second kappa shape index (κ2) is 17.8. The molecule has 4 nitrogen and oxygen atoms in total. The van der Waals surface area contributed by atoms with Crippen LogP contribution in [0.25, 0.3) is 0 Å². The van der Waals surface area contributed by atoms with Gasteiger partial charge in [-0.25, -0.2) is 0 Å². The summed E-state index contributed by atoms with van der Waals surface area (Å²) in [5.41, 5.74) is 0. The van der Waals surface area contributed by atoms with Crippen LogP contribution in [0.1, 0.15) is 110 Å². The first-order valence-corrected chi connectivity index (χ1v) is 11.1. The van der Waals surface area contributed by atoms with Crippen molar-refractivity contribution >= 4 is 5.97 Å². The van der Waals surface area contributed by atoms with Gasteiger partial charge in [0.05, 0.1) is 6.10 Å². The van der Waals surface area contributed by atoms with Gasteiger partial charge in [-0.2, -0.15) is 0 Å². The van der Waals surface area contributed by atoms with Gasteiger partial charge in [-0.3, -0.25) is 9.69 Å². The topological polar surface area (TPSA) is 60.8 Å². The van der Waals surface area contributed by atoms with Crippen LogP contribution >= 0.6 is 0 Å². The van der Waals surface area contributed by atoms with Crippen molar-refractivity contribution in [3.63, 3.8) is 0 Å². The number of hydrogen-bond donors (Lipinski definition) is 2. The lowest BCUT2D eigenvalue weighted by molar-refractivity contribution is -0.143. The molecule has 0 heterocycles. The van der Waals surface area contributed by atoms with E-state index in [9.17, 15) is 9.90 Å². The Morgan fingerprint density at radius 1 is 0.769 bits per heavy atom. The maximum Gasteiger partial charge on any atom is 0.320 e. The minimum atomic E-state index is -0.852. The molecule has 156 valence electrons. The molecule has 0 aliphatic rings. The predicted octanol–water partition coefficient (Wildman–Crippen LogP) is 5.62. The third-order valence-electron chi connectivity index (χ3n) is 5.29. The Morgan fingerprint density at radius 2 is 1.15 bits per heavy atom. The third kappa shape index (κ3) is 15.6. The van der Waals surface area contributed by atoms with E-state index in [1.165, 1.54) is 77.0 Å². The molecule has 0 aromatic rings. The van der Waals surface area contributed by atoms with Gasteiger partial charge >= 0.3 is 5.97 Å². The molecular weight excluding hydrogens is 326 g/mol. The highest BCUT2D eigenvalue weighted by Crippen LogP contribution is 2.15. The van der Waals surface area contributed by atoms with Gasteiger partial charge in [0, 0.05) is 0 Å². The Kier molecular flexibility index (Phi) is 17.4. The first-order chi connectivity index (χ1) is 12.5. The molecule has 0 aromatic heterocycles. The normalized spacial score (nSPS) is 13.9. The van der Waals surface area contributed by atoms with Crippen LogP contribution in [0.5, 0.6) is 0 Å². The Labute approximate surface area is 162 Å². The molecule has 0 amide bonds. The Hall–Kier alpha value is -0.610. The van der Waals surface area contributed by atoms with Crippen LogP contribution in [0, 0.1) is 0 Å². The highest BCUT2D eigenvalue weighted by molar-refractivity contribution is 5.73. The summed E-state index contributed by atoms with van der Waals surface area (Å²) < 4.78 is 0. The largest absolute Gasteiger partial charge is 0.480 e. The molecule has 2 atom stereocenters. The summed E-state index contributed by atoms with van der Waals surface area (Å²) in [4.78, 5) is 12.8. The van der Waals surface area contributed by atoms with Crippen molar-refractivity contribution < 1.29 is 15.0 Å². The minimum absolute atomic E-state index is 0.320. The number of hydrogen-bond acceptors (Lipinski definition) is 3. The fourth-order valence-electron chi connectivity index (χ4n) is 3.48. The standard InChI is InChI=1S/C22H45NO3/c1-4-5-6-7-8-9-10-11-12-13-14-15-16-17-18-20(24)19-21(22(25)26)23(2)3/h20-21,24H,4-19H2,1-3H3,(H,25,26)/t20?,21-/m0/s1.